The van der Waals surface area contributed by atoms with Gasteiger partial charge in [0.25, 0.3) is 11.6 Å². The minimum Gasteiger partial charge on any atom is -0.449 e. The molecule has 0 fully saturated rings. The van der Waals surface area contributed by atoms with Gasteiger partial charge in [0.05, 0.1) is 10.5 Å². The highest BCUT2D eigenvalue weighted by molar-refractivity contribution is 5.98. The van der Waals surface area contributed by atoms with Crippen molar-refractivity contribution >= 4 is 28.9 Å². The first kappa shape index (κ1) is 20.7. The Morgan fingerprint density at radius 1 is 1.18 bits per heavy atom. The standard InChI is InChI=1S/C18H17F2N3O5/c1-10(17(24)21-16-12(19)5-4-6-13(16)20)28-18(25)11-7-8-14(22(2)3)15(9-11)23(26)27/h4-10H,1-3H3,(H,21,24). The second-order valence-corrected chi connectivity index (χ2v) is 5.99. The molecule has 0 saturated carbocycles. The number of halogens is 2. The average Bonchev–Trinajstić information content (AvgIpc) is 2.63. The average molecular weight is 393 g/mol. The van der Waals surface area contributed by atoms with Gasteiger partial charge in [-0.15, -0.1) is 0 Å². The molecule has 1 atom stereocenters. The lowest BCUT2D eigenvalue weighted by molar-refractivity contribution is -0.384. The summed E-state index contributed by atoms with van der Waals surface area (Å²) in [5.41, 5.74) is -0.845. The van der Waals surface area contributed by atoms with Crippen LogP contribution in [0.25, 0.3) is 0 Å². The first-order valence-corrected chi connectivity index (χ1v) is 8.03. The van der Waals surface area contributed by atoms with Crippen LogP contribution in [0.3, 0.4) is 0 Å². The molecule has 1 unspecified atom stereocenters. The molecule has 0 radical (unpaired) electrons. The van der Waals surface area contributed by atoms with E-state index in [1.54, 1.807) is 14.1 Å². The highest BCUT2D eigenvalue weighted by atomic mass is 19.1. The maximum atomic E-state index is 13.6. The van der Waals surface area contributed by atoms with Gasteiger partial charge in [0, 0.05) is 20.2 Å². The molecule has 0 spiro atoms. The number of nitro benzene ring substituents is 1. The smallest absolute Gasteiger partial charge is 0.339 e. The lowest BCUT2D eigenvalue weighted by atomic mass is 10.1. The normalized spacial score (nSPS) is 11.5. The maximum absolute atomic E-state index is 13.6. The number of nitro groups is 1. The monoisotopic (exact) mass is 393 g/mol. The summed E-state index contributed by atoms with van der Waals surface area (Å²) in [5.74, 6) is -3.93. The number of amides is 1. The first-order chi connectivity index (χ1) is 13.1. The SMILES string of the molecule is CC(OC(=O)c1ccc(N(C)C)c([N+](=O)[O-])c1)C(=O)Nc1c(F)cccc1F. The molecule has 1 N–H and O–H groups in total. The second-order valence-electron chi connectivity index (χ2n) is 5.99. The number of esters is 1. The van der Waals surface area contributed by atoms with Gasteiger partial charge in [-0.1, -0.05) is 6.07 Å². The van der Waals surface area contributed by atoms with E-state index in [9.17, 15) is 28.5 Å². The zero-order chi connectivity index (χ0) is 21.0. The molecule has 0 bridgehead atoms. The molecule has 0 aromatic heterocycles. The molecule has 0 saturated heterocycles. The number of carbonyl (C=O) groups excluding carboxylic acids is 2. The summed E-state index contributed by atoms with van der Waals surface area (Å²) in [7, 11) is 3.21. The number of nitrogens with one attached hydrogen (secondary N) is 1. The van der Waals surface area contributed by atoms with E-state index in [1.807, 2.05) is 5.32 Å². The molecule has 0 aliphatic heterocycles. The second kappa shape index (κ2) is 8.42. The Morgan fingerprint density at radius 3 is 2.32 bits per heavy atom. The Labute approximate surface area is 158 Å². The van der Waals surface area contributed by atoms with Crippen molar-refractivity contribution in [2.75, 3.05) is 24.3 Å². The summed E-state index contributed by atoms with van der Waals surface area (Å²) >= 11 is 0. The Hall–Kier alpha value is -3.56. The van der Waals surface area contributed by atoms with E-state index in [-0.39, 0.29) is 16.9 Å². The zero-order valence-corrected chi connectivity index (χ0v) is 15.2. The van der Waals surface area contributed by atoms with Gasteiger partial charge in [-0.25, -0.2) is 13.6 Å². The van der Waals surface area contributed by atoms with Crippen LogP contribution < -0.4 is 10.2 Å². The molecule has 2 rings (SSSR count). The highest BCUT2D eigenvalue weighted by Crippen LogP contribution is 2.28. The molecule has 2 aromatic carbocycles. The minimum atomic E-state index is -1.40. The first-order valence-electron chi connectivity index (χ1n) is 8.03. The van der Waals surface area contributed by atoms with Gasteiger partial charge in [-0.05, 0) is 31.2 Å². The van der Waals surface area contributed by atoms with Crippen LogP contribution in [0, 0.1) is 21.7 Å². The third-order valence-electron chi connectivity index (χ3n) is 3.75. The van der Waals surface area contributed by atoms with Gasteiger partial charge in [-0.3, -0.25) is 14.9 Å². The number of ether oxygens (including phenoxy) is 1. The number of benzene rings is 2. The van der Waals surface area contributed by atoms with Crippen LogP contribution in [0.1, 0.15) is 17.3 Å². The number of hydrogen-bond donors (Lipinski definition) is 1. The number of rotatable bonds is 6. The summed E-state index contributed by atoms with van der Waals surface area (Å²) in [6, 6.07) is 6.76. The summed E-state index contributed by atoms with van der Waals surface area (Å²) in [6.07, 6.45) is -1.40. The lowest BCUT2D eigenvalue weighted by Gasteiger charge is -2.15. The van der Waals surface area contributed by atoms with Crippen molar-refractivity contribution in [2.24, 2.45) is 0 Å². The number of para-hydroxylation sites is 1. The molecule has 0 aliphatic rings. The quantitative estimate of drug-likeness (QED) is 0.460. The molecule has 1 amide bonds. The number of nitrogens with zero attached hydrogens (tertiary/aromatic N) is 2. The topological polar surface area (TPSA) is 102 Å². The van der Waals surface area contributed by atoms with Crippen molar-refractivity contribution in [3.8, 4) is 0 Å². The highest BCUT2D eigenvalue weighted by Gasteiger charge is 2.24. The molecule has 148 valence electrons. The van der Waals surface area contributed by atoms with Crippen molar-refractivity contribution in [1.29, 1.82) is 0 Å². The van der Waals surface area contributed by atoms with Gasteiger partial charge in [0.15, 0.2) is 6.10 Å². The molecule has 28 heavy (non-hydrogen) atoms. The van der Waals surface area contributed by atoms with Crippen molar-refractivity contribution in [3.05, 3.63) is 63.7 Å². The summed E-state index contributed by atoms with van der Waals surface area (Å²) in [6.45, 7) is 1.20. The van der Waals surface area contributed by atoms with E-state index in [2.05, 4.69) is 0 Å². The molecule has 0 aliphatic carbocycles. The van der Waals surface area contributed by atoms with E-state index in [0.29, 0.717) is 0 Å². The lowest BCUT2D eigenvalue weighted by Crippen LogP contribution is -2.30. The summed E-state index contributed by atoms with van der Waals surface area (Å²) < 4.78 is 32.1. The molecular formula is C18H17F2N3O5. The van der Waals surface area contributed by atoms with E-state index < -0.39 is 40.2 Å². The van der Waals surface area contributed by atoms with Crippen molar-refractivity contribution < 1.29 is 28.0 Å². The van der Waals surface area contributed by atoms with E-state index in [0.717, 1.165) is 24.3 Å². The van der Waals surface area contributed by atoms with Gasteiger partial charge in [-0.2, -0.15) is 0 Å². The van der Waals surface area contributed by atoms with Gasteiger partial charge >= 0.3 is 5.97 Å². The predicted molar refractivity (Wildman–Crippen MR) is 97.3 cm³/mol. The fourth-order valence-electron chi connectivity index (χ4n) is 2.30. The van der Waals surface area contributed by atoms with Crippen molar-refractivity contribution in [1.82, 2.24) is 0 Å². The minimum absolute atomic E-state index is 0.144. The molecular weight excluding hydrogens is 376 g/mol. The fraction of sp³-hybridized carbons (Fsp3) is 0.222. The third kappa shape index (κ3) is 4.58. The third-order valence-corrected chi connectivity index (χ3v) is 3.75. The van der Waals surface area contributed by atoms with E-state index in [1.165, 1.54) is 24.0 Å². The summed E-state index contributed by atoms with van der Waals surface area (Å²) in [4.78, 5) is 36.3. The van der Waals surface area contributed by atoms with Crippen LogP contribution in [0.2, 0.25) is 0 Å². The Balaban J connectivity index is 2.14. The zero-order valence-electron chi connectivity index (χ0n) is 15.2. The molecule has 2 aromatic rings. The van der Waals surface area contributed by atoms with Gasteiger partial charge in [0.1, 0.15) is 23.0 Å². The Morgan fingerprint density at radius 2 is 1.79 bits per heavy atom. The molecule has 8 nitrogen and oxygen atoms in total. The van der Waals surface area contributed by atoms with E-state index in [4.69, 9.17) is 4.74 Å². The van der Waals surface area contributed by atoms with Crippen LogP contribution in [0.4, 0.5) is 25.8 Å². The maximum Gasteiger partial charge on any atom is 0.339 e. The van der Waals surface area contributed by atoms with Crippen molar-refractivity contribution in [3.63, 3.8) is 0 Å². The Kier molecular flexibility index (Phi) is 6.24. The van der Waals surface area contributed by atoms with Crippen LogP contribution in [0.5, 0.6) is 0 Å². The predicted octanol–water partition coefficient (Wildman–Crippen LogP) is 3.12. The van der Waals surface area contributed by atoms with Crippen LogP contribution in [-0.4, -0.2) is 37.0 Å². The summed E-state index contributed by atoms with van der Waals surface area (Å²) in [5, 5.41) is 13.2. The number of anilines is 2. The fourth-order valence-corrected chi connectivity index (χ4v) is 2.30. The van der Waals surface area contributed by atoms with Gasteiger partial charge in [0.2, 0.25) is 0 Å². The molecule has 0 heterocycles. The molecule has 10 heteroatoms. The van der Waals surface area contributed by atoms with Gasteiger partial charge < -0.3 is 15.0 Å². The Bertz CT molecular complexity index is 913. The van der Waals surface area contributed by atoms with Crippen LogP contribution in [0.15, 0.2) is 36.4 Å². The van der Waals surface area contributed by atoms with Crippen LogP contribution >= 0.6 is 0 Å². The van der Waals surface area contributed by atoms with Crippen molar-refractivity contribution in [2.45, 2.75) is 13.0 Å². The number of hydrogen-bond acceptors (Lipinski definition) is 6. The number of carbonyl (C=O) groups is 2. The van der Waals surface area contributed by atoms with Crippen LogP contribution in [-0.2, 0) is 9.53 Å². The largest absolute Gasteiger partial charge is 0.449 e. The van der Waals surface area contributed by atoms with E-state index >= 15 is 0 Å².